The van der Waals surface area contributed by atoms with E-state index in [-0.39, 0.29) is 24.7 Å². The SMILES string of the molecule is CSCC(CCO)NC(=O)NC1CCCC(C)C1C. The second-order valence-corrected chi connectivity index (χ2v) is 6.57. The highest BCUT2D eigenvalue weighted by atomic mass is 32.2. The van der Waals surface area contributed by atoms with E-state index in [0.29, 0.717) is 18.3 Å². The lowest BCUT2D eigenvalue weighted by molar-refractivity contribution is 0.192. The van der Waals surface area contributed by atoms with Crippen LogP contribution in [-0.2, 0) is 0 Å². The Balaban J connectivity index is 2.40. The molecule has 0 aliphatic heterocycles. The van der Waals surface area contributed by atoms with Crippen LogP contribution in [0.4, 0.5) is 4.79 Å². The molecule has 0 aromatic carbocycles. The van der Waals surface area contributed by atoms with Gasteiger partial charge in [0.2, 0.25) is 0 Å². The van der Waals surface area contributed by atoms with Crippen LogP contribution in [0.15, 0.2) is 0 Å². The van der Waals surface area contributed by atoms with Crippen molar-refractivity contribution >= 4 is 17.8 Å². The van der Waals surface area contributed by atoms with Crippen LogP contribution in [0.2, 0.25) is 0 Å². The molecule has 112 valence electrons. The molecule has 0 aromatic rings. The predicted molar refractivity (Wildman–Crippen MR) is 81.5 cm³/mol. The van der Waals surface area contributed by atoms with E-state index in [4.69, 9.17) is 5.11 Å². The maximum atomic E-state index is 12.0. The molecule has 4 nitrogen and oxygen atoms in total. The predicted octanol–water partition coefficient (Wildman–Crippen LogP) is 2.22. The third kappa shape index (κ3) is 5.61. The van der Waals surface area contributed by atoms with Crippen LogP contribution in [-0.4, -0.2) is 41.8 Å². The fourth-order valence-corrected chi connectivity index (χ4v) is 3.39. The van der Waals surface area contributed by atoms with Crippen LogP contribution in [0.1, 0.15) is 39.5 Å². The van der Waals surface area contributed by atoms with Gasteiger partial charge in [-0.2, -0.15) is 11.8 Å². The van der Waals surface area contributed by atoms with Gasteiger partial charge in [-0.25, -0.2) is 4.79 Å². The summed E-state index contributed by atoms with van der Waals surface area (Å²) in [5, 5.41) is 15.1. The van der Waals surface area contributed by atoms with Gasteiger partial charge in [0.05, 0.1) is 0 Å². The van der Waals surface area contributed by atoms with Gasteiger partial charge in [-0.15, -0.1) is 0 Å². The maximum absolute atomic E-state index is 12.0. The van der Waals surface area contributed by atoms with E-state index < -0.39 is 0 Å². The van der Waals surface area contributed by atoms with E-state index in [0.717, 1.165) is 12.2 Å². The van der Waals surface area contributed by atoms with Crippen molar-refractivity contribution in [1.29, 1.82) is 0 Å². The standard InChI is InChI=1S/C14H28N2O2S/c1-10-5-4-6-13(11(10)2)16-14(18)15-12(7-8-17)9-19-3/h10-13,17H,4-9H2,1-3H3,(H2,15,16,18). The van der Waals surface area contributed by atoms with E-state index in [1.807, 2.05) is 6.26 Å². The lowest BCUT2D eigenvalue weighted by atomic mass is 9.78. The van der Waals surface area contributed by atoms with Crippen LogP contribution in [0, 0.1) is 11.8 Å². The first-order valence-electron chi connectivity index (χ1n) is 7.25. The van der Waals surface area contributed by atoms with Gasteiger partial charge in [-0.1, -0.05) is 26.7 Å². The zero-order valence-electron chi connectivity index (χ0n) is 12.3. The molecule has 0 spiro atoms. The van der Waals surface area contributed by atoms with Gasteiger partial charge in [-0.05, 0) is 30.9 Å². The molecule has 19 heavy (non-hydrogen) atoms. The van der Waals surface area contributed by atoms with E-state index in [1.165, 1.54) is 12.8 Å². The average Bonchev–Trinajstić information content (AvgIpc) is 2.35. The van der Waals surface area contributed by atoms with Crippen molar-refractivity contribution < 1.29 is 9.90 Å². The molecule has 0 aromatic heterocycles. The fraction of sp³-hybridized carbons (Fsp3) is 0.929. The Morgan fingerprint density at radius 3 is 2.79 bits per heavy atom. The molecule has 3 N–H and O–H groups in total. The van der Waals surface area contributed by atoms with Crippen LogP contribution in [0.5, 0.6) is 0 Å². The van der Waals surface area contributed by atoms with Gasteiger partial charge in [0.15, 0.2) is 0 Å². The molecular formula is C14H28N2O2S. The highest BCUT2D eigenvalue weighted by molar-refractivity contribution is 7.98. The number of carbonyl (C=O) groups is 1. The summed E-state index contributed by atoms with van der Waals surface area (Å²) < 4.78 is 0. The number of hydrogen-bond donors (Lipinski definition) is 3. The normalized spacial score (nSPS) is 28.7. The Kier molecular flexibility index (Phi) is 7.61. The van der Waals surface area contributed by atoms with Crippen molar-refractivity contribution in [2.75, 3.05) is 18.6 Å². The van der Waals surface area contributed by atoms with Crippen molar-refractivity contribution in [2.45, 2.75) is 51.6 Å². The quantitative estimate of drug-likeness (QED) is 0.702. The Labute approximate surface area is 121 Å². The topological polar surface area (TPSA) is 61.4 Å². The molecule has 0 bridgehead atoms. The first kappa shape index (κ1) is 16.6. The zero-order valence-corrected chi connectivity index (χ0v) is 13.1. The van der Waals surface area contributed by atoms with Gasteiger partial charge < -0.3 is 15.7 Å². The minimum atomic E-state index is -0.0848. The summed E-state index contributed by atoms with van der Waals surface area (Å²) in [7, 11) is 0. The Morgan fingerprint density at radius 1 is 1.42 bits per heavy atom. The van der Waals surface area contributed by atoms with E-state index in [2.05, 4.69) is 24.5 Å². The van der Waals surface area contributed by atoms with Crippen LogP contribution >= 0.6 is 11.8 Å². The molecule has 1 saturated carbocycles. The summed E-state index contributed by atoms with van der Waals surface area (Å²) in [6, 6.07) is 0.252. The number of aliphatic hydroxyl groups excluding tert-OH is 1. The Hall–Kier alpha value is -0.420. The van der Waals surface area contributed by atoms with Gasteiger partial charge in [-0.3, -0.25) is 0 Å². The molecule has 1 aliphatic carbocycles. The summed E-state index contributed by atoms with van der Waals surface area (Å²) >= 11 is 1.69. The number of carbonyl (C=O) groups excluding carboxylic acids is 1. The number of amides is 2. The molecule has 2 amide bonds. The smallest absolute Gasteiger partial charge is 0.315 e. The van der Waals surface area contributed by atoms with E-state index >= 15 is 0 Å². The second kappa shape index (κ2) is 8.69. The summed E-state index contributed by atoms with van der Waals surface area (Å²) in [5.41, 5.74) is 0. The molecule has 0 heterocycles. The van der Waals surface area contributed by atoms with Gasteiger partial charge in [0, 0.05) is 24.4 Å². The number of rotatable bonds is 6. The first-order valence-corrected chi connectivity index (χ1v) is 8.64. The molecule has 0 radical (unpaired) electrons. The molecule has 1 fully saturated rings. The minimum Gasteiger partial charge on any atom is -0.396 e. The van der Waals surface area contributed by atoms with Crippen LogP contribution in [0.3, 0.4) is 0 Å². The third-order valence-corrected chi connectivity index (χ3v) is 4.94. The Bertz CT molecular complexity index is 270. The average molecular weight is 288 g/mol. The molecule has 1 rings (SSSR count). The fourth-order valence-electron chi connectivity index (χ4n) is 2.74. The van der Waals surface area contributed by atoms with Crippen LogP contribution in [0.25, 0.3) is 0 Å². The summed E-state index contributed by atoms with van der Waals surface area (Å²) in [6.45, 7) is 4.60. The van der Waals surface area contributed by atoms with Gasteiger partial charge in [0.1, 0.15) is 0 Å². The third-order valence-electron chi connectivity index (χ3n) is 4.20. The second-order valence-electron chi connectivity index (χ2n) is 5.66. The Morgan fingerprint density at radius 2 is 2.16 bits per heavy atom. The summed E-state index contributed by atoms with van der Waals surface area (Å²) in [4.78, 5) is 12.0. The number of aliphatic hydroxyl groups is 1. The van der Waals surface area contributed by atoms with Crippen molar-refractivity contribution in [3.8, 4) is 0 Å². The molecule has 1 aliphatic rings. The van der Waals surface area contributed by atoms with Crippen molar-refractivity contribution in [3.05, 3.63) is 0 Å². The molecule has 5 heteroatoms. The first-order chi connectivity index (χ1) is 9.08. The van der Waals surface area contributed by atoms with E-state index in [1.54, 1.807) is 11.8 Å². The summed E-state index contributed by atoms with van der Waals surface area (Å²) in [5.74, 6) is 2.06. The van der Waals surface area contributed by atoms with Crippen molar-refractivity contribution in [3.63, 3.8) is 0 Å². The van der Waals surface area contributed by atoms with Crippen molar-refractivity contribution in [1.82, 2.24) is 10.6 Å². The number of thioether (sulfide) groups is 1. The zero-order chi connectivity index (χ0) is 14.3. The van der Waals surface area contributed by atoms with Gasteiger partial charge in [0.25, 0.3) is 0 Å². The minimum absolute atomic E-state index is 0.0521. The maximum Gasteiger partial charge on any atom is 0.315 e. The van der Waals surface area contributed by atoms with Crippen LogP contribution < -0.4 is 10.6 Å². The van der Waals surface area contributed by atoms with E-state index in [9.17, 15) is 4.79 Å². The van der Waals surface area contributed by atoms with Gasteiger partial charge >= 0.3 is 6.03 Å². The monoisotopic (exact) mass is 288 g/mol. The number of nitrogens with one attached hydrogen (secondary N) is 2. The summed E-state index contributed by atoms with van der Waals surface area (Å²) in [6.07, 6.45) is 6.16. The number of urea groups is 1. The molecule has 4 unspecified atom stereocenters. The largest absolute Gasteiger partial charge is 0.396 e. The number of hydrogen-bond acceptors (Lipinski definition) is 3. The lowest BCUT2D eigenvalue weighted by Crippen LogP contribution is -2.51. The lowest BCUT2D eigenvalue weighted by Gasteiger charge is -2.35. The van der Waals surface area contributed by atoms with Crippen molar-refractivity contribution in [2.24, 2.45) is 11.8 Å². The highest BCUT2D eigenvalue weighted by Crippen LogP contribution is 2.29. The molecular weight excluding hydrogens is 260 g/mol. The molecule has 4 atom stereocenters. The highest BCUT2D eigenvalue weighted by Gasteiger charge is 2.28. The molecule has 0 saturated heterocycles.